The lowest BCUT2D eigenvalue weighted by molar-refractivity contribution is -0.140. The van der Waals surface area contributed by atoms with Crippen LogP contribution in [0.4, 0.5) is 5.69 Å². The van der Waals surface area contributed by atoms with Crippen molar-refractivity contribution in [3.05, 3.63) is 129 Å². The van der Waals surface area contributed by atoms with Crippen LogP contribution in [0.15, 0.2) is 112 Å². The van der Waals surface area contributed by atoms with E-state index in [4.69, 9.17) is 11.6 Å². The Morgan fingerprint density at radius 2 is 1.49 bits per heavy atom. The number of amides is 2. The van der Waals surface area contributed by atoms with Gasteiger partial charge < -0.3 is 10.2 Å². The van der Waals surface area contributed by atoms with Crippen LogP contribution in [0.1, 0.15) is 37.0 Å². The van der Waals surface area contributed by atoms with Crippen molar-refractivity contribution in [2.24, 2.45) is 0 Å². The van der Waals surface area contributed by atoms with Crippen molar-refractivity contribution >= 4 is 55.1 Å². The highest BCUT2D eigenvalue weighted by Gasteiger charge is 2.35. The standard InChI is InChI=1S/C35H37BrClN3O4S/c1-4-25(2)38-35(42)33(22-27-12-7-5-8-13-27)39(23-28-18-20-29(36)21-19-28)34(41)24-40(32-17-11-16-31(37)26(32)3)45(43,44)30-14-9-6-10-15-30/h5-21,25,33H,4,22-24H2,1-3H3,(H,38,42)/t25-,33-/m1/s1. The molecule has 7 nitrogen and oxygen atoms in total. The predicted octanol–water partition coefficient (Wildman–Crippen LogP) is 7.16. The average Bonchev–Trinajstić information content (AvgIpc) is 3.04. The van der Waals surface area contributed by atoms with Crippen LogP contribution >= 0.6 is 27.5 Å². The highest BCUT2D eigenvalue weighted by Crippen LogP contribution is 2.31. The molecule has 10 heteroatoms. The number of hydrogen-bond acceptors (Lipinski definition) is 4. The molecule has 0 saturated carbocycles. The van der Waals surface area contributed by atoms with Crippen molar-refractivity contribution in [1.29, 1.82) is 0 Å². The summed E-state index contributed by atoms with van der Waals surface area (Å²) in [5, 5.41) is 3.42. The van der Waals surface area contributed by atoms with Gasteiger partial charge >= 0.3 is 0 Å². The van der Waals surface area contributed by atoms with E-state index in [-0.39, 0.29) is 35.5 Å². The molecule has 4 rings (SSSR count). The summed E-state index contributed by atoms with van der Waals surface area (Å²) >= 11 is 9.90. The molecule has 0 fully saturated rings. The van der Waals surface area contributed by atoms with Gasteiger partial charge in [-0.3, -0.25) is 13.9 Å². The Hall–Kier alpha value is -3.66. The normalized spacial score (nSPS) is 12.6. The van der Waals surface area contributed by atoms with E-state index in [1.807, 2.05) is 68.4 Å². The van der Waals surface area contributed by atoms with Crippen LogP contribution in [0, 0.1) is 6.92 Å². The van der Waals surface area contributed by atoms with Gasteiger partial charge in [-0.1, -0.05) is 101 Å². The van der Waals surface area contributed by atoms with Gasteiger partial charge in [-0.15, -0.1) is 0 Å². The summed E-state index contributed by atoms with van der Waals surface area (Å²) in [6.45, 7) is 5.14. The minimum atomic E-state index is -4.21. The molecule has 1 N–H and O–H groups in total. The molecule has 4 aromatic carbocycles. The fraction of sp³-hybridized carbons (Fsp3) is 0.257. The van der Waals surface area contributed by atoms with Gasteiger partial charge in [0, 0.05) is 28.5 Å². The number of carbonyl (C=O) groups is 2. The second kappa shape index (κ2) is 15.6. The van der Waals surface area contributed by atoms with Crippen LogP contribution in [0.5, 0.6) is 0 Å². The third-order valence-electron chi connectivity index (χ3n) is 7.66. The second-order valence-electron chi connectivity index (χ2n) is 10.9. The van der Waals surface area contributed by atoms with E-state index in [0.717, 1.165) is 19.9 Å². The molecule has 236 valence electrons. The first kappa shape index (κ1) is 34.2. The molecule has 0 aromatic heterocycles. The summed E-state index contributed by atoms with van der Waals surface area (Å²) in [6, 6.07) is 28.8. The first-order chi connectivity index (χ1) is 21.5. The molecular formula is C35H37BrClN3O4S. The SMILES string of the molecule is CC[C@@H](C)NC(=O)[C@@H](Cc1ccccc1)N(Cc1ccc(Br)cc1)C(=O)CN(c1cccc(Cl)c1C)S(=O)(=O)c1ccccc1. The molecule has 0 spiro atoms. The number of hydrogen-bond donors (Lipinski definition) is 1. The third-order valence-corrected chi connectivity index (χ3v) is 10.4. The molecule has 0 bridgehead atoms. The maximum absolute atomic E-state index is 14.6. The Kier molecular flexibility index (Phi) is 11.8. The van der Waals surface area contributed by atoms with Gasteiger partial charge in [0.1, 0.15) is 12.6 Å². The van der Waals surface area contributed by atoms with Crippen molar-refractivity contribution in [2.75, 3.05) is 10.8 Å². The van der Waals surface area contributed by atoms with Gasteiger partial charge in [-0.2, -0.15) is 0 Å². The largest absolute Gasteiger partial charge is 0.352 e. The lowest BCUT2D eigenvalue weighted by Crippen LogP contribution is -2.54. The van der Waals surface area contributed by atoms with Crippen molar-refractivity contribution < 1.29 is 18.0 Å². The van der Waals surface area contributed by atoms with Gasteiger partial charge in [0.25, 0.3) is 10.0 Å². The van der Waals surface area contributed by atoms with Crippen molar-refractivity contribution in [3.63, 3.8) is 0 Å². The number of halogens is 2. The van der Waals surface area contributed by atoms with Gasteiger partial charge in [0.2, 0.25) is 11.8 Å². The Balaban J connectivity index is 1.83. The number of carbonyl (C=O) groups excluding carboxylic acids is 2. The summed E-state index contributed by atoms with van der Waals surface area (Å²) < 4.78 is 30.3. The molecule has 0 unspecified atom stereocenters. The Bertz CT molecular complexity index is 1700. The van der Waals surface area contributed by atoms with E-state index in [1.165, 1.54) is 17.0 Å². The average molecular weight is 711 g/mol. The maximum atomic E-state index is 14.6. The van der Waals surface area contributed by atoms with Crippen molar-refractivity contribution in [1.82, 2.24) is 10.2 Å². The molecule has 0 radical (unpaired) electrons. The van der Waals surface area contributed by atoms with E-state index in [2.05, 4.69) is 21.2 Å². The van der Waals surface area contributed by atoms with E-state index >= 15 is 0 Å². The van der Waals surface area contributed by atoms with Crippen LogP contribution in [-0.4, -0.2) is 43.8 Å². The molecule has 45 heavy (non-hydrogen) atoms. The summed E-state index contributed by atoms with van der Waals surface area (Å²) in [4.78, 5) is 30.0. The fourth-order valence-electron chi connectivity index (χ4n) is 4.88. The van der Waals surface area contributed by atoms with Crippen LogP contribution in [0.2, 0.25) is 5.02 Å². The number of rotatable bonds is 13. The van der Waals surface area contributed by atoms with Crippen LogP contribution in [0.3, 0.4) is 0 Å². The molecule has 4 aromatic rings. The van der Waals surface area contributed by atoms with Crippen LogP contribution in [-0.2, 0) is 32.6 Å². The molecule has 2 atom stereocenters. The zero-order valence-electron chi connectivity index (χ0n) is 25.5. The Morgan fingerprint density at radius 1 is 0.867 bits per heavy atom. The van der Waals surface area contributed by atoms with Crippen molar-refractivity contribution in [2.45, 2.75) is 57.1 Å². The van der Waals surface area contributed by atoms with Crippen molar-refractivity contribution in [3.8, 4) is 0 Å². The number of benzene rings is 4. The first-order valence-electron chi connectivity index (χ1n) is 14.7. The lowest BCUT2D eigenvalue weighted by atomic mass is 10.0. The molecule has 0 saturated heterocycles. The van der Waals surface area contributed by atoms with E-state index in [0.29, 0.717) is 17.0 Å². The predicted molar refractivity (Wildman–Crippen MR) is 184 cm³/mol. The summed E-state index contributed by atoms with van der Waals surface area (Å²) in [5.74, 6) is -0.841. The zero-order chi connectivity index (χ0) is 32.6. The van der Waals surface area contributed by atoms with Crippen LogP contribution in [0.25, 0.3) is 0 Å². The second-order valence-corrected chi connectivity index (χ2v) is 14.1. The highest BCUT2D eigenvalue weighted by atomic mass is 79.9. The third kappa shape index (κ3) is 8.75. The number of anilines is 1. The van der Waals surface area contributed by atoms with Gasteiger partial charge in [0.05, 0.1) is 10.6 Å². The molecule has 0 heterocycles. The Morgan fingerprint density at radius 3 is 2.11 bits per heavy atom. The van der Waals surface area contributed by atoms with E-state index in [9.17, 15) is 18.0 Å². The molecular weight excluding hydrogens is 674 g/mol. The van der Waals surface area contributed by atoms with Crippen LogP contribution < -0.4 is 9.62 Å². The highest BCUT2D eigenvalue weighted by molar-refractivity contribution is 9.10. The first-order valence-corrected chi connectivity index (χ1v) is 17.3. The molecule has 0 aliphatic carbocycles. The maximum Gasteiger partial charge on any atom is 0.264 e. The fourth-order valence-corrected chi connectivity index (χ4v) is 6.81. The molecule has 0 aliphatic rings. The molecule has 2 amide bonds. The smallest absolute Gasteiger partial charge is 0.264 e. The minimum absolute atomic E-state index is 0.0342. The number of nitrogens with zero attached hydrogens (tertiary/aromatic N) is 2. The lowest BCUT2D eigenvalue weighted by Gasteiger charge is -2.34. The summed E-state index contributed by atoms with van der Waals surface area (Å²) in [5.41, 5.74) is 2.46. The monoisotopic (exact) mass is 709 g/mol. The number of sulfonamides is 1. The van der Waals surface area contributed by atoms with E-state index in [1.54, 1.807) is 43.3 Å². The quantitative estimate of drug-likeness (QED) is 0.160. The number of nitrogens with one attached hydrogen (secondary N) is 1. The summed E-state index contributed by atoms with van der Waals surface area (Å²) in [7, 11) is -4.21. The summed E-state index contributed by atoms with van der Waals surface area (Å²) in [6.07, 6.45) is 0.953. The van der Waals surface area contributed by atoms with Gasteiger partial charge in [-0.25, -0.2) is 8.42 Å². The molecule has 0 aliphatic heterocycles. The Labute approximate surface area is 279 Å². The van der Waals surface area contributed by atoms with Gasteiger partial charge in [-0.05, 0) is 73.4 Å². The zero-order valence-corrected chi connectivity index (χ0v) is 28.6. The minimum Gasteiger partial charge on any atom is -0.352 e. The van der Waals surface area contributed by atoms with E-state index < -0.39 is 28.5 Å². The topological polar surface area (TPSA) is 86.8 Å². The van der Waals surface area contributed by atoms with Gasteiger partial charge in [0.15, 0.2) is 0 Å².